The first-order valence-corrected chi connectivity index (χ1v) is 8.71. The normalized spacial score (nSPS) is 17.8. The highest BCUT2D eigenvalue weighted by Crippen LogP contribution is 2.33. The van der Waals surface area contributed by atoms with Crippen LogP contribution in [-0.4, -0.2) is 31.9 Å². The number of halogens is 4. The predicted octanol–water partition coefficient (Wildman–Crippen LogP) is 3.29. The first kappa shape index (κ1) is 18.5. The summed E-state index contributed by atoms with van der Waals surface area (Å²) in [5, 5.41) is 0.507. The SMILES string of the molecule is Cl.NC1CCN(S(=O)(=O)c2cc(Br)c(Cl)cc2Cl)CC1. The molecule has 1 aliphatic heterocycles. The van der Waals surface area contributed by atoms with Gasteiger partial charge in [0.05, 0.1) is 10.0 Å². The van der Waals surface area contributed by atoms with Gasteiger partial charge in [-0.1, -0.05) is 23.2 Å². The van der Waals surface area contributed by atoms with Crippen LogP contribution in [0.2, 0.25) is 10.0 Å². The van der Waals surface area contributed by atoms with Gasteiger partial charge in [0.2, 0.25) is 10.0 Å². The quantitative estimate of drug-likeness (QED) is 0.741. The van der Waals surface area contributed by atoms with Crippen molar-refractivity contribution in [2.75, 3.05) is 13.1 Å². The molecule has 4 nitrogen and oxygen atoms in total. The summed E-state index contributed by atoms with van der Waals surface area (Å²) in [4.78, 5) is 0.0703. The fraction of sp³-hybridized carbons (Fsp3) is 0.455. The zero-order chi connectivity index (χ0) is 14.2. The lowest BCUT2D eigenvalue weighted by atomic mass is 10.1. The van der Waals surface area contributed by atoms with Gasteiger partial charge in [-0.3, -0.25) is 0 Å². The summed E-state index contributed by atoms with van der Waals surface area (Å²) in [6, 6.07) is 2.93. The van der Waals surface area contributed by atoms with Gasteiger partial charge in [-0.05, 0) is 40.9 Å². The Balaban J connectivity index is 0.00000200. The molecule has 9 heteroatoms. The highest BCUT2D eigenvalue weighted by Gasteiger charge is 2.30. The van der Waals surface area contributed by atoms with Gasteiger partial charge in [0, 0.05) is 23.6 Å². The van der Waals surface area contributed by atoms with Crippen molar-refractivity contribution in [3.63, 3.8) is 0 Å². The van der Waals surface area contributed by atoms with Gasteiger partial charge in [-0.2, -0.15) is 4.31 Å². The molecule has 0 unspecified atom stereocenters. The number of nitrogens with two attached hydrogens (primary N) is 1. The fourth-order valence-corrected chi connectivity index (χ4v) is 4.67. The number of nitrogens with zero attached hydrogens (tertiary/aromatic N) is 1. The summed E-state index contributed by atoms with van der Waals surface area (Å²) in [5.74, 6) is 0. The molecule has 2 N–H and O–H groups in total. The third kappa shape index (κ3) is 3.80. The van der Waals surface area contributed by atoms with Crippen LogP contribution in [0.1, 0.15) is 12.8 Å². The van der Waals surface area contributed by atoms with Crippen molar-refractivity contribution in [2.45, 2.75) is 23.8 Å². The van der Waals surface area contributed by atoms with Gasteiger partial charge in [-0.25, -0.2) is 8.42 Å². The molecule has 1 fully saturated rings. The maximum Gasteiger partial charge on any atom is 0.244 e. The molecule has 0 spiro atoms. The van der Waals surface area contributed by atoms with E-state index >= 15 is 0 Å². The standard InChI is InChI=1S/C11H13BrCl2N2O2S.ClH/c12-8-5-11(10(14)6-9(8)13)19(17,18)16-3-1-7(15)2-4-16;/h5-7H,1-4,15H2;1H. The lowest BCUT2D eigenvalue weighted by Crippen LogP contribution is -2.42. The summed E-state index contributed by atoms with van der Waals surface area (Å²) in [5.41, 5.74) is 5.78. The molecular formula is C11H14BrCl3N2O2S. The minimum absolute atomic E-state index is 0. The van der Waals surface area contributed by atoms with Gasteiger partial charge >= 0.3 is 0 Å². The number of benzene rings is 1. The van der Waals surface area contributed by atoms with E-state index in [9.17, 15) is 8.42 Å². The van der Waals surface area contributed by atoms with E-state index in [-0.39, 0.29) is 28.4 Å². The van der Waals surface area contributed by atoms with Crippen LogP contribution in [0.3, 0.4) is 0 Å². The number of hydrogen-bond acceptors (Lipinski definition) is 3. The van der Waals surface area contributed by atoms with Crippen LogP contribution >= 0.6 is 51.5 Å². The fourth-order valence-electron chi connectivity index (χ4n) is 1.96. The Kier molecular flexibility index (Phi) is 6.59. The van der Waals surface area contributed by atoms with Gasteiger partial charge in [0.25, 0.3) is 0 Å². The Bertz CT molecular complexity index is 590. The minimum Gasteiger partial charge on any atom is -0.328 e. The molecule has 2 rings (SSSR count). The molecule has 20 heavy (non-hydrogen) atoms. The Hall–Kier alpha value is 0.440. The molecule has 1 aromatic rings. The van der Waals surface area contributed by atoms with E-state index in [1.807, 2.05) is 0 Å². The Morgan fingerprint density at radius 2 is 1.75 bits per heavy atom. The van der Waals surface area contributed by atoms with Crippen LogP contribution in [-0.2, 0) is 10.0 Å². The maximum atomic E-state index is 12.5. The topological polar surface area (TPSA) is 63.4 Å². The largest absolute Gasteiger partial charge is 0.328 e. The lowest BCUT2D eigenvalue weighted by molar-refractivity contribution is 0.320. The Morgan fingerprint density at radius 1 is 1.20 bits per heavy atom. The zero-order valence-corrected chi connectivity index (χ0v) is 15.1. The second-order valence-corrected chi connectivity index (χ2v) is 8.01. The molecule has 0 bridgehead atoms. The average molecular weight is 425 g/mol. The van der Waals surface area contributed by atoms with Crippen molar-refractivity contribution in [1.29, 1.82) is 0 Å². The van der Waals surface area contributed by atoms with Crippen LogP contribution in [0.4, 0.5) is 0 Å². The molecule has 1 heterocycles. The molecule has 0 aliphatic carbocycles. The minimum atomic E-state index is -3.60. The zero-order valence-electron chi connectivity index (χ0n) is 10.4. The predicted molar refractivity (Wildman–Crippen MR) is 87.4 cm³/mol. The number of rotatable bonds is 2. The molecule has 0 amide bonds. The van der Waals surface area contributed by atoms with E-state index in [1.54, 1.807) is 0 Å². The van der Waals surface area contributed by atoms with E-state index in [0.29, 0.717) is 35.4 Å². The van der Waals surface area contributed by atoms with E-state index in [4.69, 9.17) is 28.9 Å². The summed E-state index contributed by atoms with van der Waals surface area (Å²) in [6.45, 7) is 0.833. The highest BCUT2D eigenvalue weighted by atomic mass is 79.9. The monoisotopic (exact) mass is 422 g/mol. The maximum absolute atomic E-state index is 12.5. The van der Waals surface area contributed by atoms with Crippen LogP contribution in [0, 0.1) is 0 Å². The number of sulfonamides is 1. The number of piperidine rings is 1. The molecule has 0 aromatic heterocycles. The Morgan fingerprint density at radius 3 is 2.30 bits per heavy atom. The first-order valence-electron chi connectivity index (χ1n) is 5.72. The third-order valence-electron chi connectivity index (χ3n) is 3.09. The van der Waals surface area contributed by atoms with Crippen molar-refractivity contribution >= 4 is 61.6 Å². The summed E-state index contributed by atoms with van der Waals surface area (Å²) in [7, 11) is -3.60. The van der Waals surface area contributed by atoms with Gasteiger partial charge < -0.3 is 5.73 Å². The van der Waals surface area contributed by atoms with Gasteiger partial charge in [0.15, 0.2) is 0 Å². The van der Waals surface area contributed by atoms with Gasteiger partial charge in [0.1, 0.15) is 4.90 Å². The third-order valence-corrected chi connectivity index (χ3v) is 6.65. The molecule has 114 valence electrons. The second kappa shape index (κ2) is 7.13. The summed E-state index contributed by atoms with van der Waals surface area (Å²) >= 11 is 15.1. The van der Waals surface area contributed by atoms with Crippen LogP contribution in [0.15, 0.2) is 21.5 Å². The van der Waals surface area contributed by atoms with Crippen LogP contribution in [0.25, 0.3) is 0 Å². The van der Waals surface area contributed by atoms with Crippen LogP contribution < -0.4 is 5.73 Å². The van der Waals surface area contributed by atoms with Crippen LogP contribution in [0.5, 0.6) is 0 Å². The summed E-state index contributed by atoms with van der Waals surface area (Å²) in [6.07, 6.45) is 1.32. The van der Waals surface area contributed by atoms with Crippen molar-refractivity contribution < 1.29 is 8.42 Å². The highest BCUT2D eigenvalue weighted by molar-refractivity contribution is 9.10. The molecule has 0 radical (unpaired) electrons. The van der Waals surface area contributed by atoms with E-state index in [1.165, 1.54) is 16.4 Å². The van der Waals surface area contributed by atoms with E-state index < -0.39 is 10.0 Å². The second-order valence-electron chi connectivity index (χ2n) is 4.44. The van der Waals surface area contributed by atoms with Crippen molar-refractivity contribution in [3.8, 4) is 0 Å². The summed E-state index contributed by atoms with van der Waals surface area (Å²) < 4.78 is 27.0. The Labute approximate surface area is 143 Å². The first-order chi connectivity index (χ1) is 8.82. The van der Waals surface area contributed by atoms with Crippen molar-refractivity contribution in [2.24, 2.45) is 5.73 Å². The van der Waals surface area contributed by atoms with Crippen molar-refractivity contribution in [1.82, 2.24) is 4.31 Å². The molecule has 1 aromatic carbocycles. The van der Waals surface area contributed by atoms with E-state index in [2.05, 4.69) is 15.9 Å². The van der Waals surface area contributed by atoms with E-state index in [0.717, 1.165) is 0 Å². The van der Waals surface area contributed by atoms with Crippen molar-refractivity contribution in [3.05, 3.63) is 26.7 Å². The number of hydrogen-bond donors (Lipinski definition) is 1. The average Bonchev–Trinajstić information content (AvgIpc) is 2.34. The lowest BCUT2D eigenvalue weighted by Gasteiger charge is -2.29. The molecule has 0 saturated carbocycles. The molecule has 1 aliphatic rings. The molecule has 1 saturated heterocycles. The molecular weight excluding hydrogens is 410 g/mol. The molecule has 0 atom stereocenters. The van der Waals surface area contributed by atoms with Gasteiger partial charge in [-0.15, -0.1) is 12.4 Å². The smallest absolute Gasteiger partial charge is 0.244 e.